The van der Waals surface area contributed by atoms with Gasteiger partial charge in [0.15, 0.2) is 0 Å². The summed E-state index contributed by atoms with van der Waals surface area (Å²) in [6, 6.07) is 10.6. The zero-order valence-electron chi connectivity index (χ0n) is 13.4. The summed E-state index contributed by atoms with van der Waals surface area (Å²) >= 11 is 0. The highest BCUT2D eigenvalue weighted by atomic mass is 15.4. The first-order valence-electron chi connectivity index (χ1n) is 7.44. The summed E-state index contributed by atoms with van der Waals surface area (Å²) in [4.78, 5) is 4.64. The van der Waals surface area contributed by atoms with Crippen molar-refractivity contribution in [2.75, 3.05) is 0 Å². The molecule has 3 aromatic rings. The van der Waals surface area contributed by atoms with E-state index in [1.54, 1.807) is 0 Å². The molecule has 0 spiro atoms. The number of fused-ring (bicyclic) bond motifs is 1. The number of rotatable bonds is 2. The van der Waals surface area contributed by atoms with Gasteiger partial charge < -0.3 is 0 Å². The fourth-order valence-electron chi connectivity index (χ4n) is 2.99. The second kappa shape index (κ2) is 4.99. The van der Waals surface area contributed by atoms with Gasteiger partial charge in [-0.3, -0.25) is 4.98 Å². The maximum absolute atomic E-state index is 4.64. The minimum atomic E-state index is 0.390. The van der Waals surface area contributed by atoms with Gasteiger partial charge in [-0.2, -0.15) is 4.68 Å². The lowest BCUT2D eigenvalue weighted by Gasteiger charge is -2.09. The molecular formula is C18H22N3+. The molecule has 0 bridgehead atoms. The summed E-state index contributed by atoms with van der Waals surface area (Å²) in [5, 5.41) is 1.29. The minimum Gasteiger partial charge on any atom is -0.254 e. The van der Waals surface area contributed by atoms with Crippen LogP contribution in [-0.4, -0.2) is 9.67 Å². The van der Waals surface area contributed by atoms with E-state index < -0.39 is 0 Å². The van der Waals surface area contributed by atoms with E-state index >= 15 is 0 Å². The second-order valence-electron chi connectivity index (χ2n) is 5.95. The van der Waals surface area contributed by atoms with E-state index in [0.29, 0.717) is 5.92 Å². The molecule has 0 fully saturated rings. The molecule has 0 unspecified atom stereocenters. The summed E-state index contributed by atoms with van der Waals surface area (Å²) in [5.41, 5.74) is 6.11. The summed E-state index contributed by atoms with van der Waals surface area (Å²) in [7, 11) is 2.12. The number of aromatic nitrogens is 3. The van der Waals surface area contributed by atoms with Crippen molar-refractivity contribution in [3.63, 3.8) is 0 Å². The molecule has 2 aromatic heterocycles. The highest BCUT2D eigenvalue weighted by molar-refractivity contribution is 5.78. The van der Waals surface area contributed by atoms with Crippen molar-refractivity contribution in [1.82, 2.24) is 9.67 Å². The van der Waals surface area contributed by atoms with E-state index in [2.05, 4.69) is 79.4 Å². The Labute approximate surface area is 125 Å². The van der Waals surface area contributed by atoms with Gasteiger partial charge in [-0.1, -0.05) is 30.7 Å². The Bertz CT molecular complexity index is 813. The van der Waals surface area contributed by atoms with Crippen LogP contribution in [-0.2, 0) is 7.05 Å². The number of pyridine rings is 1. The Morgan fingerprint density at radius 2 is 1.81 bits per heavy atom. The lowest BCUT2D eigenvalue weighted by molar-refractivity contribution is -0.659. The monoisotopic (exact) mass is 280 g/mol. The molecule has 3 nitrogen and oxygen atoms in total. The van der Waals surface area contributed by atoms with Gasteiger partial charge in [-0.25, -0.2) is 0 Å². The Morgan fingerprint density at radius 3 is 2.52 bits per heavy atom. The fraction of sp³-hybridized carbons (Fsp3) is 0.333. The molecule has 0 atom stereocenters. The molecule has 2 heterocycles. The number of nitrogens with zero attached hydrogens (tertiary/aromatic N) is 3. The van der Waals surface area contributed by atoms with Crippen molar-refractivity contribution in [2.24, 2.45) is 7.05 Å². The first kappa shape index (κ1) is 13.8. The summed E-state index contributed by atoms with van der Waals surface area (Å²) in [6.45, 7) is 8.72. The summed E-state index contributed by atoms with van der Waals surface area (Å²) < 4.78 is 4.52. The van der Waals surface area contributed by atoms with Gasteiger partial charge in [0.2, 0.25) is 5.52 Å². The lowest BCUT2D eigenvalue weighted by atomic mass is 10.0. The molecule has 0 aliphatic rings. The van der Waals surface area contributed by atoms with Crippen LogP contribution in [0.3, 0.4) is 0 Å². The Hall–Kier alpha value is -2.16. The van der Waals surface area contributed by atoms with Crippen LogP contribution in [0, 0.1) is 13.8 Å². The van der Waals surface area contributed by atoms with Gasteiger partial charge >= 0.3 is 0 Å². The van der Waals surface area contributed by atoms with Crippen molar-refractivity contribution in [3.8, 4) is 5.69 Å². The van der Waals surface area contributed by atoms with E-state index in [0.717, 1.165) is 5.69 Å². The van der Waals surface area contributed by atoms with Crippen molar-refractivity contribution >= 4 is 10.9 Å². The van der Waals surface area contributed by atoms with Crippen LogP contribution in [0.4, 0.5) is 0 Å². The molecule has 0 aliphatic carbocycles. The van der Waals surface area contributed by atoms with E-state index in [9.17, 15) is 0 Å². The molecule has 1 aromatic carbocycles. The van der Waals surface area contributed by atoms with Crippen LogP contribution < -0.4 is 4.68 Å². The van der Waals surface area contributed by atoms with Crippen molar-refractivity contribution in [1.29, 1.82) is 0 Å². The third kappa shape index (κ3) is 2.04. The average molecular weight is 280 g/mol. The topological polar surface area (TPSA) is 21.7 Å². The van der Waals surface area contributed by atoms with Crippen LogP contribution in [0.1, 0.15) is 36.7 Å². The van der Waals surface area contributed by atoms with Crippen molar-refractivity contribution in [2.45, 2.75) is 33.6 Å². The number of aryl methyl sites for hydroxylation is 2. The Morgan fingerprint density at radius 1 is 1.10 bits per heavy atom. The number of benzene rings is 1. The maximum atomic E-state index is 4.64. The molecule has 0 aliphatic heterocycles. The standard InChI is InChI=1S/C18H22N3/c1-12(2)17-18(13(3)10-11-19-17)21-16-9-7-6-8-15(16)14(4)20(21)5/h6-12H,1-5H3/q+1. The molecule has 108 valence electrons. The highest BCUT2D eigenvalue weighted by Crippen LogP contribution is 2.23. The van der Waals surface area contributed by atoms with E-state index in [-0.39, 0.29) is 0 Å². The Kier molecular flexibility index (Phi) is 3.28. The van der Waals surface area contributed by atoms with Gasteiger partial charge in [-0.15, -0.1) is 0 Å². The largest absolute Gasteiger partial charge is 0.260 e. The molecule has 3 rings (SSSR count). The third-order valence-corrected chi connectivity index (χ3v) is 4.22. The third-order valence-electron chi connectivity index (χ3n) is 4.22. The van der Waals surface area contributed by atoms with Gasteiger partial charge in [0, 0.05) is 23.7 Å². The minimum absolute atomic E-state index is 0.390. The first-order valence-corrected chi connectivity index (χ1v) is 7.44. The summed E-state index contributed by atoms with van der Waals surface area (Å²) in [6.07, 6.45) is 1.91. The second-order valence-corrected chi connectivity index (χ2v) is 5.95. The van der Waals surface area contributed by atoms with Gasteiger partial charge in [0.1, 0.15) is 5.69 Å². The van der Waals surface area contributed by atoms with Crippen LogP contribution in [0.2, 0.25) is 0 Å². The maximum Gasteiger partial charge on any atom is 0.260 e. The SMILES string of the molecule is Cc1ccnc(C(C)C)c1-[n+]1c2ccccc2c(C)n1C. The molecule has 21 heavy (non-hydrogen) atoms. The average Bonchev–Trinajstić information content (AvgIpc) is 2.72. The van der Waals surface area contributed by atoms with Crippen LogP contribution in [0.15, 0.2) is 36.5 Å². The molecule has 3 heteroatoms. The predicted molar refractivity (Wildman–Crippen MR) is 85.8 cm³/mol. The van der Waals surface area contributed by atoms with E-state index in [1.165, 1.54) is 27.8 Å². The zero-order valence-corrected chi connectivity index (χ0v) is 13.4. The molecular weight excluding hydrogens is 258 g/mol. The lowest BCUT2D eigenvalue weighted by Crippen LogP contribution is -2.42. The Balaban J connectivity index is 2.45. The number of hydrogen-bond donors (Lipinski definition) is 0. The first-order chi connectivity index (χ1) is 10.0. The van der Waals surface area contributed by atoms with Gasteiger partial charge in [0.05, 0.1) is 18.1 Å². The molecule has 0 N–H and O–H groups in total. The zero-order chi connectivity index (χ0) is 15.1. The van der Waals surface area contributed by atoms with Gasteiger partial charge in [0.25, 0.3) is 5.69 Å². The summed E-state index contributed by atoms with van der Waals surface area (Å²) in [5.74, 6) is 0.390. The smallest absolute Gasteiger partial charge is 0.254 e. The number of para-hydroxylation sites is 1. The van der Waals surface area contributed by atoms with Crippen molar-refractivity contribution < 1.29 is 4.68 Å². The van der Waals surface area contributed by atoms with E-state index in [1.807, 2.05) is 6.20 Å². The molecule has 0 saturated carbocycles. The molecule has 0 amide bonds. The van der Waals surface area contributed by atoms with Gasteiger partial charge in [-0.05, 0) is 26.0 Å². The molecule has 0 radical (unpaired) electrons. The van der Waals surface area contributed by atoms with E-state index in [4.69, 9.17) is 0 Å². The highest BCUT2D eigenvalue weighted by Gasteiger charge is 2.27. The van der Waals surface area contributed by atoms with Crippen molar-refractivity contribution in [3.05, 3.63) is 53.5 Å². The predicted octanol–water partition coefficient (Wildman–Crippen LogP) is 3.59. The van der Waals surface area contributed by atoms with Crippen LogP contribution in [0.5, 0.6) is 0 Å². The quantitative estimate of drug-likeness (QED) is 0.657. The molecule has 0 saturated heterocycles. The normalized spacial score (nSPS) is 11.5. The number of hydrogen-bond acceptors (Lipinski definition) is 1. The van der Waals surface area contributed by atoms with Crippen LogP contribution in [0.25, 0.3) is 16.6 Å². The fourth-order valence-corrected chi connectivity index (χ4v) is 2.99. The van der Waals surface area contributed by atoms with Crippen LogP contribution >= 0.6 is 0 Å².